The number of thioether (sulfide) groups is 2. The summed E-state index contributed by atoms with van der Waals surface area (Å²) in [4.78, 5) is 48.9. The Labute approximate surface area is 808 Å². The number of aryl methyl sites for hydroxylation is 4. The fraction of sp³-hybridized carbons (Fsp3) is 0.327. The summed E-state index contributed by atoms with van der Waals surface area (Å²) in [6.07, 6.45) is 5.42. The van der Waals surface area contributed by atoms with Gasteiger partial charge in [-0.2, -0.15) is 19.2 Å². The number of piperazine rings is 2. The zero-order valence-corrected chi connectivity index (χ0v) is 81.8. The van der Waals surface area contributed by atoms with Crippen molar-refractivity contribution in [3.05, 3.63) is 287 Å². The number of sulfonamides is 2. The van der Waals surface area contributed by atoms with E-state index in [2.05, 4.69) is 109 Å². The monoisotopic (exact) mass is 1950 g/mol. The molecular weight excluding hydrogens is 1830 g/mol. The van der Waals surface area contributed by atoms with Crippen LogP contribution in [0.2, 0.25) is 10.0 Å². The predicted octanol–water partition coefficient (Wildman–Crippen LogP) is 20.4. The molecule has 0 saturated carbocycles. The maximum absolute atomic E-state index is 15.6. The lowest BCUT2D eigenvalue weighted by Gasteiger charge is -2.37. The molecule has 12 aromatic rings. The summed E-state index contributed by atoms with van der Waals surface area (Å²) in [7, 11) is -3.80. The van der Waals surface area contributed by atoms with Crippen molar-refractivity contribution in [2.75, 3.05) is 143 Å². The van der Waals surface area contributed by atoms with E-state index in [9.17, 15) is 27.0 Å². The van der Waals surface area contributed by atoms with Crippen LogP contribution in [0.3, 0.4) is 0 Å². The second kappa shape index (κ2) is 46.0. The van der Waals surface area contributed by atoms with Crippen LogP contribution in [0.1, 0.15) is 74.9 Å². The summed E-state index contributed by atoms with van der Waals surface area (Å²) >= 11 is 16.0. The molecule has 6 N–H and O–H groups in total. The molecule has 0 radical (unpaired) electrons. The third-order valence-electron chi connectivity index (χ3n) is 25.5. The van der Waals surface area contributed by atoms with E-state index >= 15 is 13.2 Å². The van der Waals surface area contributed by atoms with Gasteiger partial charge in [0.15, 0.2) is 11.6 Å². The highest BCUT2D eigenvalue weighted by Gasteiger charge is 2.32. The maximum atomic E-state index is 15.6. The SMILES string of the molecule is Cc1cc(S(=O)(=O)Nc2ccc(N3CCN(c4cc(F)c(F)c(-c5cc(C)n(C)c5-c5ccc(Cl)cc5)c4)CC3)cc2)ccc1N[C@H](CCN1CCC(C)(O)CC1)CSc1ccccc1.Cc1cc(S(=O)(=O)Nc2ccc(N3CCN(c4cc(F)cc(-c5cc(C)n(C)c5-c5ccc(Cl)cc5)c4)CC3)cc2)ccc1N[C@H](CCN1CCC(C)(O)CC1)CSc1ccccc1.O=C=O.O=C=O. The number of halogens is 5. The average Bonchev–Trinajstić information content (AvgIpc) is 1.61. The molecule has 0 spiro atoms. The average molecular weight is 1950 g/mol. The van der Waals surface area contributed by atoms with E-state index in [1.807, 2.05) is 168 Å². The van der Waals surface area contributed by atoms with Crippen molar-refractivity contribution in [1.29, 1.82) is 0 Å². The highest BCUT2D eigenvalue weighted by molar-refractivity contribution is 7.99. The minimum atomic E-state index is -3.88. The first-order valence-corrected chi connectivity index (χ1v) is 50.7. The Morgan fingerprint density at radius 2 is 0.778 bits per heavy atom. The van der Waals surface area contributed by atoms with Crippen molar-refractivity contribution in [3.63, 3.8) is 0 Å². The molecule has 135 heavy (non-hydrogen) atoms. The summed E-state index contributed by atoms with van der Waals surface area (Å²) < 4.78 is 111. The number of rotatable bonds is 30. The van der Waals surface area contributed by atoms with Gasteiger partial charge in [-0.1, -0.05) is 83.9 Å². The summed E-state index contributed by atoms with van der Waals surface area (Å²) in [5.41, 5.74) is 14.9. The normalized spacial score (nSPS) is 15.5. The van der Waals surface area contributed by atoms with Crippen molar-refractivity contribution in [2.24, 2.45) is 14.1 Å². The number of likely N-dealkylation sites (tertiary alicyclic amines) is 2. The first-order chi connectivity index (χ1) is 64.6. The Hall–Kier alpha value is -11.3. The molecule has 4 aliphatic rings. The molecular formula is C104H115Cl2F3N12O10S4. The molecule has 6 heterocycles. The summed E-state index contributed by atoms with van der Waals surface area (Å²) in [5.74, 6) is -0.360. The minimum absolute atomic E-state index is 0.140. The van der Waals surface area contributed by atoms with Crippen molar-refractivity contribution in [2.45, 2.75) is 123 Å². The second-order valence-electron chi connectivity index (χ2n) is 35.3. The quantitative estimate of drug-likeness (QED) is 0.0229. The van der Waals surface area contributed by atoms with Gasteiger partial charge in [0.05, 0.1) is 32.4 Å². The lowest BCUT2D eigenvalue weighted by molar-refractivity contribution is -0.193. The maximum Gasteiger partial charge on any atom is 0.373 e. The van der Waals surface area contributed by atoms with E-state index in [0.717, 1.165) is 187 Å². The van der Waals surface area contributed by atoms with Crippen LogP contribution >= 0.6 is 46.7 Å². The second-order valence-corrected chi connectivity index (χ2v) is 41.7. The first kappa shape index (κ1) is 101. The van der Waals surface area contributed by atoms with Gasteiger partial charge in [-0.15, -0.1) is 23.5 Å². The smallest absolute Gasteiger partial charge is 0.373 e. The van der Waals surface area contributed by atoms with Gasteiger partial charge in [0.1, 0.15) is 5.82 Å². The molecule has 2 atom stereocenters. The number of carbonyl (C=O) groups excluding carboxylic acids is 4. The number of aliphatic hydroxyl groups is 2. The first-order valence-electron chi connectivity index (χ1n) is 45.0. The number of piperidine rings is 2. The zero-order chi connectivity index (χ0) is 96.3. The number of hydrogen-bond acceptors (Lipinski definition) is 20. The summed E-state index contributed by atoms with van der Waals surface area (Å²) in [6.45, 7) is 22.3. The van der Waals surface area contributed by atoms with Crippen LogP contribution < -0.4 is 39.7 Å². The Morgan fingerprint density at radius 1 is 0.415 bits per heavy atom. The minimum Gasteiger partial charge on any atom is -0.390 e. The lowest BCUT2D eigenvalue weighted by Crippen LogP contribution is -2.46. The molecule has 10 aromatic carbocycles. The molecule has 0 amide bonds. The molecule has 16 rings (SSSR count). The van der Waals surface area contributed by atoms with Crippen molar-refractivity contribution < 1.29 is 59.4 Å². The molecule has 0 aliphatic carbocycles. The highest BCUT2D eigenvalue weighted by atomic mass is 35.5. The van der Waals surface area contributed by atoms with Gasteiger partial charge < -0.3 is 59.4 Å². The lowest BCUT2D eigenvalue weighted by atomic mass is 9.94. The van der Waals surface area contributed by atoms with Crippen molar-refractivity contribution >= 4 is 125 Å². The van der Waals surface area contributed by atoms with Gasteiger partial charge in [-0.05, 0) is 278 Å². The molecule has 0 bridgehead atoms. The molecule has 2 aromatic heterocycles. The molecule has 22 nitrogen and oxygen atoms in total. The van der Waals surface area contributed by atoms with Crippen LogP contribution in [-0.2, 0) is 53.3 Å². The molecule has 710 valence electrons. The van der Waals surface area contributed by atoms with Crippen LogP contribution in [0.25, 0.3) is 44.8 Å². The zero-order valence-electron chi connectivity index (χ0n) is 77.0. The number of hydrogen-bond donors (Lipinski definition) is 6. The van der Waals surface area contributed by atoms with E-state index in [-0.39, 0.29) is 45.6 Å². The largest absolute Gasteiger partial charge is 0.390 e. The van der Waals surface area contributed by atoms with Crippen LogP contribution in [0, 0.1) is 45.1 Å². The third kappa shape index (κ3) is 27.1. The molecule has 31 heteroatoms. The van der Waals surface area contributed by atoms with Gasteiger partial charge in [0.25, 0.3) is 20.0 Å². The Morgan fingerprint density at radius 3 is 1.16 bits per heavy atom. The van der Waals surface area contributed by atoms with Gasteiger partial charge >= 0.3 is 12.3 Å². The van der Waals surface area contributed by atoms with Crippen LogP contribution in [0.5, 0.6) is 0 Å². The van der Waals surface area contributed by atoms with Crippen LogP contribution in [-0.4, -0.2) is 185 Å². The van der Waals surface area contributed by atoms with E-state index < -0.39 is 42.9 Å². The van der Waals surface area contributed by atoms with Crippen molar-refractivity contribution in [1.82, 2.24) is 18.9 Å². The topological polar surface area (TPSA) is 254 Å². The van der Waals surface area contributed by atoms with Gasteiger partial charge in [0.2, 0.25) is 0 Å². The Bertz CT molecular complexity index is 6310. The number of nitrogens with one attached hydrogen (secondary N) is 4. The number of anilines is 8. The molecule has 4 saturated heterocycles. The molecule has 0 unspecified atom stereocenters. The van der Waals surface area contributed by atoms with Gasteiger partial charge in [-0.25, -0.2) is 30.0 Å². The van der Waals surface area contributed by atoms with Crippen LogP contribution in [0.4, 0.5) is 58.7 Å². The van der Waals surface area contributed by atoms with Crippen molar-refractivity contribution in [3.8, 4) is 44.8 Å². The van der Waals surface area contributed by atoms with Crippen LogP contribution in [0.15, 0.2) is 256 Å². The van der Waals surface area contributed by atoms with E-state index in [0.29, 0.717) is 71.9 Å². The summed E-state index contributed by atoms with van der Waals surface area (Å²) in [6, 6.07) is 73.7. The third-order valence-corrected chi connectivity index (χ3v) is 31.1. The Kier molecular flexibility index (Phi) is 34.5. The van der Waals surface area contributed by atoms with E-state index in [1.54, 1.807) is 90.6 Å². The van der Waals surface area contributed by atoms with E-state index in [1.165, 1.54) is 15.9 Å². The van der Waals surface area contributed by atoms with Gasteiger partial charge in [0, 0.05) is 229 Å². The fourth-order valence-corrected chi connectivity index (χ4v) is 21.9. The summed E-state index contributed by atoms with van der Waals surface area (Å²) in [5, 5.41) is 29.6. The number of nitrogens with zero attached hydrogens (tertiary/aromatic N) is 8. The predicted molar refractivity (Wildman–Crippen MR) is 539 cm³/mol. The van der Waals surface area contributed by atoms with Gasteiger partial charge in [-0.3, -0.25) is 9.44 Å². The molecule has 4 aliphatic heterocycles. The van der Waals surface area contributed by atoms with E-state index in [4.69, 9.17) is 42.4 Å². The fourth-order valence-electron chi connectivity index (χ4n) is 17.4. The highest BCUT2D eigenvalue weighted by Crippen LogP contribution is 2.42. The molecule has 4 fully saturated rings. The standard InChI is InChI=1S/C51H57ClF2N6O3S2.C51H58ClFN6O3S2.2CO2/c1-35-30-44(18-19-48(35)55-40(34-64-43-8-6-5-7-9-43)20-23-58-24-21-51(3,61)22-25-58)65(62,63)56-39-14-16-41(17-15-39)59-26-28-60(29-27-59)42-32-45(49(54)47(53)33-42)46-31-36(2)57(4)50(46)37-10-12-38(52)13-11-37;1-36-30-47(18-19-49(36)54-43(35-63-46-8-6-5-7-9-46)20-23-57-24-21-51(3,60)22-25-57)64(61,62)55-42-14-16-44(17-15-42)58-26-28-59(29-27-58)45-33-39(32-41(53)34-45)48-31-37(2)56(4)50(48)38-10-12-40(52)13-11-38;2*2-1-3/h5-19,30-33,40,55-56,61H,20-29,34H2,1-4H3;5-19,30-34,43,54-55,60H,20-29,35H2,1-4H3;;/t40-;43-;;/m11../s1. The number of aromatic nitrogens is 2. The number of benzene rings is 10. The Balaban J connectivity index is 0.000000216.